The average molecular weight is 390 g/mol. The van der Waals surface area contributed by atoms with E-state index in [1.807, 2.05) is 12.1 Å². The van der Waals surface area contributed by atoms with Gasteiger partial charge in [0.05, 0.1) is 19.1 Å². The van der Waals surface area contributed by atoms with Crippen LogP contribution in [-0.4, -0.2) is 93.8 Å². The van der Waals surface area contributed by atoms with E-state index in [4.69, 9.17) is 9.47 Å². The van der Waals surface area contributed by atoms with Crippen LogP contribution in [0.25, 0.3) is 0 Å². The van der Waals surface area contributed by atoms with Crippen molar-refractivity contribution in [3.63, 3.8) is 0 Å². The van der Waals surface area contributed by atoms with Crippen LogP contribution in [-0.2, 0) is 16.0 Å². The van der Waals surface area contributed by atoms with Crippen LogP contribution < -0.4 is 4.74 Å². The number of nitrogens with zero attached hydrogens (tertiary/aromatic N) is 3. The van der Waals surface area contributed by atoms with Gasteiger partial charge < -0.3 is 19.3 Å². The second-order valence-electron chi connectivity index (χ2n) is 8.47. The summed E-state index contributed by atoms with van der Waals surface area (Å²) >= 11 is 0. The average Bonchev–Trinajstić information content (AvgIpc) is 2.88. The van der Waals surface area contributed by atoms with Crippen LogP contribution in [0.2, 0.25) is 0 Å². The molecule has 0 saturated carbocycles. The van der Waals surface area contributed by atoms with E-state index in [2.05, 4.69) is 40.8 Å². The molecule has 2 aliphatic rings. The van der Waals surface area contributed by atoms with E-state index >= 15 is 0 Å². The van der Waals surface area contributed by atoms with E-state index in [0.717, 1.165) is 57.9 Å². The minimum atomic E-state index is -0.350. The third-order valence-electron chi connectivity index (χ3n) is 6.18. The fourth-order valence-electron chi connectivity index (χ4n) is 4.47. The summed E-state index contributed by atoms with van der Waals surface area (Å²) in [5.41, 5.74) is 0.816. The Morgan fingerprint density at radius 3 is 2.68 bits per heavy atom. The maximum absolute atomic E-state index is 13.7. The highest BCUT2D eigenvalue weighted by atomic mass is 16.5. The Morgan fingerprint density at radius 2 is 1.96 bits per heavy atom. The molecule has 1 aromatic rings. The molecule has 1 atom stereocenters. The molecule has 28 heavy (non-hydrogen) atoms. The van der Waals surface area contributed by atoms with Gasteiger partial charge in [-0.15, -0.1) is 0 Å². The summed E-state index contributed by atoms with van der Waals surface area (Å²) in [6, 6.07) is 8.46. The molecule has 0 N–H and O–H groups in total. The molecule has 0 aromatic heterocycles. The molecule has 2 heterocycles. The molecule has 0 spiro atoms. The molecule has 6 nitrogen and oxygen atoms in total. The minimum Gasteiger partial charge on any atom is -0.497 e. The number of likely N-dealkylation sites (tertiary alicyclic amines) is 1. The molecule has 2 aliphatic heterocycles. The summed E-state index contributed by atoms with van der Waals surface area (Å²) in [6.45, 7) is 8.13. The first-order valence-electron chi connectivity index (χ1n) is 10.3. The number of likely N-dealkylation sites (N-methyl/N-ethyl adjacent to an activating group) is 1. The second-order valence-corrected chi connectivity index (χ2v) is 8.47. The number of benzene rings is 1. The van der Waals surface area contributed by atoms with Crippen LogP contribution in [0.15, 0.2) is 24.3 Å². The Morgan fingerprint density at radius 1 is 1.18 bits per heavy atom. The number of methoxy groups -OCH3 is 2. The maximum atomic E-state index is 13.7. The van der Waals surface area contributed by atoms with Crippen molar-refractivity contribution in [2.45, 2.75) is 25.8 Å². The van der Waals surface area contributed by atoms with E-state index in [9.17, 15) is 4.79 Å². The van der Waals surface area contributed by atoms with Gasteiger partial charge in [-0.25, -0.2) is 0 Å². The highest BCUT2D eigenvalue weighted by Gasteiger charge is 2.51. The van der Waals surface area contributed by atoms with Gasteiger partial charge in [0.25, 0.3) is 0 Å². The summed E-state index contributed by atoms with van der Waals surface area (Å²) in [5.74, 6) is 1.16. The van der Waals surface area contributed by atoms with Crippen molar-refractivity contribution >= 4 is 5.91 Å². The van der Waals surface area contributed by atoms with Gasteiger partial charge in [-0.1, -0.05) is 12.1 Å². The summed E-state index contributed by atoms with van der Waals surface area (Å²) in [5, 5.41) is 0. The zero-order chi connectivity index (χ0) is 20.1. The summed E-state index contributed by atoms with van der Waals surface area (Å²) in [7, 11) is 5.56. The van der Waals surface area contributed by atoms with Crippen molar-refractivity contribution in [3.8, 4) is 5.75 Å². The van der Waals surface area contributed by atoms with Crippen LogP contribution in [0.4, 0.5) is 0 Å². The lowest BCUT2D eigenvalue weighted by Crippen LogP contribution is -2.67. The third-order valence-corrected chi connectivity index (χ3v) is 6.18. The number of hydrogen-bond acceptors (Lipinski definition) is 5. The van der Waals surface area contributed by atoms with Gasteiger partial charge in [0.2, 0.25) is 5.91 Å². The lowest BCUT2D eigenvalue weighted by Gasteiger charge is -2.53. The molecule has 3 rings (SSSR count). The van der Waals surface area contributed by atoms with Gasteiger partial charge in [-0.05, 0) is 51.1 Å². The molecule has 2 saturated heterocycles. The Bertz CT molecular complexity index is 660. The van der Waals surface area contributed by atoms with Crippen molar-refractivity contribution in [2.75, 3.05) is 67.1 Å². The van der Waals surface area contributed by atoms with Crippen molar-refractivity contribution in [1.29, 1.82) is 0 Å². The topological polar surface area (TPSA) is 45.3 Å². The fourth-order valence-corrected chi connectivity index (χ4v) is 4.47. The SMILES string of the molecule is COCC(C)N1CC(Cc2cccc(OC)c2)(C(=O)N2CCCN(C)CC2)C1. The molecule has 1 aromatic carbocycles. The standard InChI is InChI=1S/C22H35N3O3/c1-18(15-27-3)25-16-22(17-25,14-19-7-5-8-20(13-19)28-4)21(26)24-10-6-9-23(2)11-12-24/h5,7-8,13,18H,6,9-12,14-17H2,1-4H3. The second kappa shape index (κ2) is 9.25. The third kappa shape index (κ3) is 4.67. The largest absolute Gasteiger partial charge is 0.497 e. The monoisotopic (exact) mass is 389 g/mol. The van der Waals surface area contributed by atoms with Gasteiger partial charge in [0.1, 0.15) is 5.75 Å². The van der Waals surface area contributed by atoms with Crippen LogP contribution in [0.5, 0.6) is 5.75 Å². The molecule has 2 fully saturated rings. The van der Waals surface area contributed by atoms with Gasteiger partial charge >= 0.3 is 0 Å². The highest BCUT2D eigenvalue weighted by Crippen LogP contribution is 2.38. The van der Waals surface area contributed by atoms with E-state index in [1.165, 1.54) is 5.56 Å². The van der Waals surface area contributed by atoms with E-state index in [1.54, 1.807) is 14.2 Å². The lowest BCUT2D eigenvalue weighted by molar-refractivity contribution is -0.156. The molecular formula is C22H35N3O3. The molecule has 0 aliphatic carbocycles. The molecule has 156 valence electrons. The van der Waals surface area contributed by atoms with Crippen molar-refractivity contribution in [3.05, 3.63) is 29.8 Å². The Kier molecular flexibility index (Phi) is 6.96. The Labute approximate surface area is 169 Å². The number of carbonyl (C=O) groups excluding carboxylic acids is 1. The first-order valence-corrected chi connectivity index (χ1v) is 10.3. The molecule has 1 unspecified atom stereocenters. The first-order chi connectivity index (χ1) is 13.5. The van der Waals surface area contributed by atoms with Gasteiger partial charge in [-0.2, -0.15) is 0 Å². The summed E-state index contributed by atoms with van der Waals surface area (Å²) in [4.78, 5) is 20.4. The van der Waals surface area contributed by atoms with Gasteiger partial charge in [-0.3, -0.25) is 9.69 Å². The number of ether oxygens (including phenoxy) is 2. The zero-order valence-electron chi connectivity index (χ0n) is 17.8. The number of rotatable bonds is 7. The Hall–Kier alpha value is -1.63. The zero-order valence-corrected chi connectivity index (χ0v) is 17.8. The van der Waals surface area contributed by atoms with Gasteiger partial charge in [0.15, 0.2) is 0 Å². The van der Waals surface area contributed by atoms with Crippen molar-refractivity contribution in [1.82, 2.24) is 14.7 Å². The van der Waals surface area contributed by atoms with E-state index in [0.29, 0.717) is 18.6 Å². The van der Waals surface area contributed by atoms with Gasteiger partial charge in [0, 0.05) is 45.9 Å². The normalized spacial score (nSPS) is 21.6. The van der Waals surface area contributed by atoms with Crippen molar-refractivity contribution in [2.24, 2.45) is 5.41 Å². The van der Waals surface area contributed by atoms with Crippen molar-refractivity contribution < 1.29 is 14.3 Å². The van der Waals surface area contributed by atoms with Crippen LogP contribution >= 0.6 is 0 Å². The molecule has 0 radical (unpaired) electrons. The number of carbonyl (C=O) groups is 1. The lowest BCUT2D eigenvalue weighted by atomic mass is 9.72. The predicted octanol–water partition coefficient (Wildman–Crippen LogP) is 1.74. The molecule has 6 heteroatoms. The smallest absolute Gasteiger partial charge is 0.231 e. The quantitative estimate of drug-likeness (QED) is 0.711. The van der Waals surface area contributed by atoms with Crippen LogP contribution in [0.3, 0.4) is 0 Å². The highest BCUT2D eigenvalue weighted by molar-refractivity contribution is 5.85. The summed E-state index contributed by atoms with van der Waals surface area (Å²) < 4.78 is 10.7. The number of hydrogen-bond donors (Lipinski definition) is 0. The molecule has 1 amide bonds. The maximum Gasteiger partial charge on any atom is 0.231 e. The number of amides is 1. The van der Waals surface area contributed by atoms with Crippen LogP contribution in [0, 0.1) is 5.41 Å². The molecule has 0 bridgehead atoms. The predicted molar refractivity (Wildman–Crippen MR) is 111 cm³/mol. The first kappa shape index (κ1) is 21.1. The van der Waals surface area contributed by atoms with E-state index in [-0.39, 0.29) is 5.41 Å². The minimum absolute atomic E-state index is 0.312. The van der Waals surface area contributed by atoms with Crippen LogP contribution in [0.1, 0.15) is 18.9 Å². The fraction of sp³-hybridized carbons (Fsp3) is 0.682. The van der Waals surface area contributed by atoms with E-state index < -0.39 is 0 Å². The Balaban J connectivity index is 1.78. The summed E-state index contributed by atoms with van der Waals surface area (Å²) in [6.07, 6.45) is 1.80. The molecular weight excluding hydrogens is 354 g/mol.